The summed E-state index contributed by atoms with van der Waals surface area (Å²) in [5, 5.41) is 15.2. The Morgan fingerprint density at radius 2 is 1.78 bits per heavy atom. The van der Waals surface area contributed by atoms with E-state index in [1.54, 1.807) is 26.1 Å². The topological polar surface area (TPSA) is 114 Å². The number of amides is 4. The fraction of sp³-hybridized carbons (Fsp3) is 0.360. The molecule has 4 amide bonds. The molecule has 1 unspecified atom stereocenters. The zero-order chi connectivity index (χ0) is 26.0. The lowest BCUT2D eigenvalue weighted by Gasteiger charge is -2.55. The summed E-state index contributed by atoms with van der Waals surface area (Å²) in [5.41, 5.74) is 1.52. The molecule has 0 saturated carbocycles. The van der Waals surface area contributed by atoms with E-state index in [1.807, 2.05) is 30.3 Å². The number of likely N-dealkylation sites (N-methyl/N-ethyl adjacent to an activating group) is 1. The van der Waals surface area contributed by atoms with E-state index in [-0.39, 0.29) is 19.6 Å². The highest BCUT2D eigenvalue weighted by atomic mass is 19.1. The fourth-order valence-corrected chi connectivity index (χ4v) is 4.75. The van der Waals surface area contributed by atoms with Crippen molar-refractivity contribution in [2.45, 2.75) is 38.1 Å². The van der Waals surface area contributed by atoms with E-state index < -0.39 is 54.3 Å². The molecule has 2 aliphatic rings. The van der Waals surface area contributed by atoms with Gasteiger partial charge in [0.15, 0.2) is 0 Å². The average molecular weight is 498 g/mol. The Kier molecular flexibility index (Phi) is 7.20. The third-order valence-corrected chi connectivity index (χ3v) is 6.57. The maximum atomic E-state index is 13.5. The number of halogens is 1. The first-order valence-corrected chi connectivity index (χ1v) is 11.6. The molecule has 2 aliphatic heterocycles. The van der Waals surface area contributed by atoms with E-state index in [9.17, 15) is 28.7 Å². The molecule has 2 saturated heterocycles. The van der Waals surface area contributed by atoms with Gasteiger partial charge in [-0.05, 0) is 30.2 Å². The lowest BCUT2D eigenvalue weighted by Crippen LogP contribution is -2.76. The number of nitrogens with zero attached hydrogens (tertiary/aromatic N) is 4. The highest BCUT2D eigenvalue weighted by Crippen LogP contribution is 2.32. The summed E-state index contributed by atoms with van der Waals surface area (Å²) in [6.45, 7) is 1.76. The number of hydrogen-bond donors (Lipinski definition) is 2. The van der Waals surface area contributed by atoms with Crippen LogP contribution in [0.25, 0.3) is 0 Å². The number of fused-ring (bicyclic) bond motifs is 1. The van der Waals surface area contributed by atoms with Crippen molar-refractivity contribution in [1.82, 2.24) is 25.1 Å². The Balaban J connectivity index is 1.65. The minimum atomic E-state index is -1.28. The van der Waals surface area contributed by atoms with Crippen LogP contribution in [0.5, 0.6) is 0 Å². The van der Waals surface area contributed by atoms with Gasteiger partial charge < -0.3 is 20.2 Å². The molecule has 3 atom stereocenters. The van der Waals surface area contributed by atoms with E-state index in [2.05, 4.69) is 5.32 Å². The van der Waals surface area contributed by atoms with Gasteiger partial charge in [-0.15, -0.1) is 0 Å². The molecule has 0 aromatic heterocycles. The van der Waals surface area contributed by atoms with Crippen molar-refractivity contribution in [3.63, 3.8) is 0 Å². The second-order valence-corrected chi connectivity index (χ2v) is 8.92. The van der Waals surface area contributed by atoms with Crippen molar-refractivity contribution in [3.8, 4) is 0 Å². The molecule has 10 nitrogen and oxygen atoms in total. The molecular weight excluding hydrogens is 469 g/mol. The van der Waals surface area contributed by atoms with Gasteiger partial charge in [0.05, 0.1) is 25.6 Å². The average Bonchev–Trinajstić information content (AvgIpc) is 2.84. The van der Waals surface area contributed by atoms with Gasteiger partial charge >= 0.3 is 12.0 Å². The molecule has 2 heterocycles. The van der Waals surface area contributed by atoms with Crippen LogP contribution < -0.4 is 5.32 Å². The first-order valence-electron chi connectivity index (χ1n) is 11.6. The van der Waals surface area contributed by atoms with Crippen molar-refractivity contribution in [2.24, 2.45) is 0 Å². The molecule has 2 fully saturated rings. The van der Waals surface area contributed by atoms with Crippen LogP contribution in [-0.4, -0.2) is 81.1 Å². The minimum absolute atomic E-state index is 0.0394. The molecule has 2 aromatic carbocycles. The number of carbonyl (C=O) groups is 4. The predicted molar refractivity (Wildman–Crippen MR) is 126 cm³/mol. The number of piperazine rings is 1. The molecule has 190 valence electrons. The van der Waals surface area contributed by atoms with Crippen LogP contribution in [0, 0.1) is 5.82 Å². The Hall–Kier alpha value is -3.99. The van der Waals surface area contributed by atoms with E-state index in [4.69, 9.17) is 0 Å². The first kappa shape index (κ1) is 25.1. The smallest absolute Gasteiger partial charge is 0.334 e. The second-order valence-electron chi connectivity index (χ2n) is 8.92. The third-order valence-electron chi connectivity index (χ3n) is 6.57. The highest BCUT2D eigenvalue weighted by molar-refractivity contribution is 5.93. The largest absolute Gasteiger partial charge is 0.481 e. The lowest BCUT2D eigenvalue weighted by molar-refractivity contribution is -0.190. The summed E-state index contributed by atoms with van der Waals surface area (Å²) in [4.78, 5) is 54.1. The SMILES string of the molecule is CC(c1ccc(F)cc1)N1C[C@H]2N(C(=O)CN(C)N2C(=O)NCc2ccccc2)[C@@H](CC(=O)O)C1=O. The van der Waals surface area contributed by atoms with Gasteiger partial charge in [-0.25, -0.2) is 19.2 Å². The normalized spacial score (nSPS) is 21.2. The number of carboxylic acid groups (broad SMARTS) is 1. The highest BCUT2D eigenvalue weighted by Gasteiger charge is 2.52. The molecule has 11 heteroatoms. The number of carboxylic acids is 1. The van der Waals surface area contributed by atoms with Crippen LogP contribution in [0.15, 0.2) is 54.6 Å². The summed E-state index contributed by atoms with van der Waals surface area (Å²) in [6.07, 6.45) is -1.52. The van der Waals surface area contributed by atoms with Gasteiger partial charge in [0.1, 0.15) is 18.0 Å². The van der Waals surface area contributed by atoms with Crippen LogP contribution in [0.1, 0.15) is 30.5 Å². The van der Waals surface area contributed by atoms with Crippen molar-refractivity contribution in [1.29, 1.82) is 0 Å². The molecule has 4 rings (SSSR count). The molecule has 0 spiro atoms. The van der Waals surface area contributed by atoms with Crippen LogP contribution in [0.4, 0.5) is 9.18 Å². The zero-order valence-electron chi connectivity index (χ0n) is 20.0. The number of nitrogens with one attached hydrogen (secondary N) is 1. The van der Waals surface area contributed by atoms with Gasteiger partial charge in [-0.1, -0.05) is 42.5 Å². The number of hydrogen-bond acceptors (Lipinski definition) is 5. The predicted octanol–water partition coefficient (Wildman–Crippen LogP) is 1.80. The van der Waals surface area contributed by atoms with Gasteiger partial charge in [0.2, 0.25) is 11.8 Å². The van der Waals surface area contributed by atoms with Crippen LogP contribution in [-0.2, 0) is 20.9 Å². The monoisotopic (exact) mass is 497 g/mol. The number of benzene rings is 2. The summed E-state index contributed by atoms with van der Waals surface area (Å²) in [6, 6.07) is 12.7. The maximum Gasteiger partial charge on any atom is 0.334 e. The summed E-state index contributed by atoms with van der Waals surface area (Å²) in [7, 11) is 1.59. The van der Waals surface area contributed by atoms with Crippen LogP contribution in [0.3, 0.4) is 0 Å². The number of hydrazine groups is 1. The lowest BCUT2D eigenvalue weighted by atomic mass is 9.99. The summed E-state index contributed by atoms with van der Waals surface area (Å²) >= 11 is 0. The molecule has 0 aliphatic carbocycles. The molecule has 2 aromatic rings. The standard InChI is InChI=1S/C25H28FN5O5/c1-16(18-8-10-19(26)11-9-18)29-14-21-30(20(24(29)35)12-23(33)34)22(32)15-28(2)31(21)25(36)27-13-17-6-4-3-5-7-17/h3-11,16,20-21H,12-15H2,1-2H3,(H,27,36)(H,33,34)/t16?,20-,21-/m0/s1. The Bertz CT molecular complexity index is 1150. The summed E-state index contributed by atoms with van der Waals surface area (Å²) < 4.78 is 13.5. The van der Waals surface area contributed by atoms with Crippen molar-refractivity contribution >= 4 is 23.8 Å². The quantitative estimate of drug-likeness (QED) is 0.629. The van der Waals surface area contributed by atoms with Gasteiger partial charge in [-0.2, -0.15) is 0 Å². The molecule has 0 bridgehead atoms. The second kappa shape index (κ2) is 10.3. The Morgan fingerprint density at radius 1 is 1.11 bits per heavy atom. The molecular formula is C25H28FN5O5. The third kappa shape index (κ3) is 5.01. The fourth-order valence-electron chi connectivity index (χ4n) is 4.75. The minimum Gasteiger partial charge on any atom is -0.481 e. The van der Waals surface area contributed by atoms with Crippen molar-refractivity contribution in [2.75, 3.05) is 20.1 Å². The summed E-state index contributed by atoms with van der Waals surface area (Å²) in [5.74, 6) is -2.64. The van der Waals surface area contributed by atoms with E-state index in [1.165, 1.54) is 32.0 Å². The Morgan fingerprint density at radius 3 is 2.42 bits per heavy atom. The number of carbonyl (C=O) groups excluding carboxylic acids is 3. The van der Waals surface area contributed by atoms with Crippen molar-refractivity contribution in [3.05, 3.63) is 71.5 Å². The van der Waals surface area contributed by atoms with Gasteiger partial charge in [0, 0.05) is 13.6 Å². The Labute approximate surface area is 207 Å². The van der Waals surface area contributed by atoms with E-state index in [0.717, 1.165) is 5.56 Å². The van der Waals surface area contributed by atoms with Crippen molar-refractivity contribution < 1.29 is 28.7 Å². The number of aliphatic carboxylic acids is 1. The molecule has 2 N–H and O–H groups in total. The molecule has 0 radical (unpaired) electrons. The first-order chi connectivity index (χ1) is 17.2. The van der Waals surface area contributed by atoms with E-state index >= 15 is 0 Å². The maximum absolute atomic E-state index is 13.5. The van der Waals surface area contributed by atoms with E-state index in [0.29, 0.717) is 5.56 Å². The zero-order valence-corrected chi connectivity index (χ0v) is 20.0. The number of urea groups is 1. The van der Waals surface area contributed by atoms with Gasteiger partial charge in [0.25, 0.3) is 0 Å². The van der Waals surface area contributed by atoms with Crippen LogP contribution >= 0.6 is 0 Å². The number of rotatable bonds is 6. The van der Waals surface area contributed by atoms with Crippen LogP contribution in [0.2, 0.25) is 0 Å². The molecule has 36 heavy (non-hydrogen) atoms. The van der Waals surface area contributed by atoms with Gasteiger partial charge in [-0.3, -0.25) is 14.4 Å².